The van der Waals surface area contributed by atoms with Gasteiger partial charge in [-0.15, -0.1) is 0 Å². The molecule has 1 aliphatic rings. The van der Waals surface area contributed by atoms with Crippen LogP contribution in [0.3, 0.4) is 0 Å². The smallest absolute Gasteiger partial charge is 0.311 e. The maximum Gasteiger partial charge on any atom is 0.311 e. The summed E-state index contributed by atoms with van der Waals surface area (Å²) in [7, 11) is 0. The SMILES string of the molecule is O=C(CCC(=O)c1ccc2c(c1)OCCO2)Oc1ccccc1. The minimum atomic E-state index is -0.429. The Balaban J connectivity index is 1.56. The van der Waals surface area contributed by atoms with Gasteiger partial charge in [0.1, 0.15) is 19.0 Å². The van der Waals surface area contributed by atoms with Crippen LogP contribution in [0.4, 0.5) is 0 Å². The second kappa shape index (κ2) is 6.96. The van der Waals surface area contributed by atoms with Crippen molar-refractivity contribution in [2.75, 3.05) is 13.2 Å². The second-order valence-electron chi connectivity index (χ2n) is 5.07. The Labute approximate surface area is 133 Å². The maximum atomic E-state index is 12.2. The van der Waals surface area contributed by atoms with E-state index in [1.807, 2.05) is 6.07 Å². The van der Waals surface area contributed by atoms with Gasteiger partial charge in [-0.25, -0.2) is 0 Å². The molecule has 2 aromatic rings. The van der Waals surface area contributed by atoms with Crippen molar-refractivity contribution in [2.24, 2.45) is 0 Å². The monoisotopic (exact) mass is 312 g/mol. The van der Waals surface area contributed by atoms with E-state index in [9.17, 15) is 9.59 Å². The molecule has 0 radical (unpaired) electrons. The molecular weight excluding hydrogens is 296 g/mol. The average Bonchev–Trinajstić information content (AvgIpc) is 2.60. The highest BCUT2D eigenvalue weighted by atomic mass is 16.6. The maximum absolute atomic E-state index is 12.2. The van der Waals surface area contributed by atoms with Gasteiger partial charge < -0.3 is 14.2 Å². The van der Waals surface area contributed by atoms with Crippen molar-refractivity contribution in [3.8, 4) is 17.2 Å². The summed E-state index contributed by atoms with van der Waals surface area (Å²) in [6, 6.07) is 13.8. The molecule has 2 aromatic carbocycles. The second-order valence-corrected chi connectivity index (χ2v) is 5.07. The molecule has 5 heteroatoms. The van der Waals surface area contributed by atoms with Crippen LogP contribution in [0, 0.1) is 0 Å². The topological polar surface area (TPSA) is 61.8 Å². The van der Waals surface area contributed by atoms with Gasteiger partial charge in [0.05, 0.1) is 6.42 Å². The van der Waals surface area contributed by atoms with Gasteiger partial charge in [-0.3, -0.25) is 9.59 Å². The van der Waals surface area contributed by atoms with Gasteiger partial charge in [-0.1, -0.05) is 18.2 Å². The number of carbonyl (C=O) groups is 2. The van der Waals surface area contributed by atoms with Gasteiger partial charge in [-0.2, -0.15) is 0 Å². The third kappa shape index (κ3) is 3.88. The number of Topliss-reactive ketones (excluding diaryl/α,β-unsaturated/α-hetero) is 1. The van der Waals surface area contributed by atoms with Gasteiger partial charge in [0, 0.05) is 12.0 Å². The molecule has 0 saturated heterocycles. The molecule has 1 heterocycles. The summed E-state index contributed by atoms with van der Waals surface area (Å²) in [5, 5.41) is 0. The summed E-state index contributed by atoms with van der Waals surface area (Å²) in [6.07, 6.45) is 0.119. The molecule has 0 bridgehead atoms. The molecule has 1 aliphatic heterocycles. The van der Waals surface area contributed by atoms with E-state index < -0.39 is 5.97 Å². The van der Waals surface area contributed by atoms with Crippen LogP contribution in [0.25, 0.3) is 0 Å². The number of esters is 1. The van der Waals surface area contributed by atoms with Gasteiger partial charge in [0.2, 0.25) is 0 Å². The van der Waals surface area contributed by atoms with Crippen molar-refractivity contribution in [1.29, 1.82) is 0 Å². The first-order valence-corrected chi connectivity index (χ1v) is 7.41. The number of fused-ring (bicyclic) bond motifs is 1. The van der Waals surface area contributed by atoms with Crippen molar-refractivity contribution >= 4 is 11.8 Å². The predicted octanol–water partition coefficient (Wildman–Crippen LogP) is 3.03. The summed E-state index contributed by atoms with van der Waals surface area (Å²) in [6.45, 7) is 0.972. The van der Waals surface area contributed by atoms with Gasteiger partial charge in [-0.05, 0) is 30.3 Å². The standard InChI is InChI=1S/C18H16O5/c19-15(7-9-18(20)23-14-4-2-1-3-5-14)13-6-8-16-17(12-13)22-11-10-21-16/h1-6,8,12H,7,9-11H2. The van der Waals surface area contributed by atoms with Crippen LogP contribution in [-0.4, -0.2) is 25.0 Å². The van der Waals surface area contributed by atoms with Gasteiger partial charge in [0.25, 0.3) is 0 Å². The number of ketones is 1. The number of rotatable bonds is 5. The van der Waals surface area contributed by atoms with Crippen molar-refractivity contribution in [3.05, 3.63) is 54.1 Å². The molecule has 0 unspecified atom stereocenters. The lowest BCUT2D eigenvalue weighted by Gasteiger charge is -2.18. The van der Waals surface area contributed by atoms with Crippen LogP contribution in [-0.2, 0) is 4.79 Å². The van der Waals surface area contributed by atoms with E-state index in [1.54, 1.807) is 42.5 Å². The Morgan fingerprint density at radius 1 is 0.913 bits per heavy atom. The van der Waals surface area contributed by atoms with E-state index in [0.717, 1.165) is 0 Å². The molecule has 0 amide bonds. The number of benzene rings is 2. The molecule has 23 heavy (non-hydrogen) atoms. The summed E-state index contributed by atoms with van der Waals surface area (Å²) in [5.74, 6) is 1.11. The molecule has 3 rings (SSSR count). The molecule has 0 atom stereocenters. The van der Waals surface area contributed by atoms with Gasteiger partial charge >= 0.3 is 5.97 Å². The molecule has 5 nitrogen and oxygen atoms in total. The third-order valence-corrected chi connectivity index (χ3v) is 3.40. The number of ether oxygens (including phenoxy) is 3. The van der Waals surface area contributed by atoms with Crippen LogP contribution in [0.15, 0.2) is 48.5 Å². The van der Waals surface area contributed by atoms with Crippen molar-refractivity contribution < 1.29 is 23.8 Å². The molecule has 0 saturated carbocycles. The first-order chi connectivity index (χ1) is 11.2. The van der Waals surface area contributed by atoms with Crippen molar-refractivity contribution in [1.82, 2.24) is 0 Å². The Morgan fingerprint density at radius 2 is 1.65 bits per heavy atom. The van der Waals surface area contributed by atoms with E-state index >= 15 is 0 Å². The minimum Gasteiger partial charge on any atom is -0.486 e. The zero-order chi connectivity index (χ0) is 16.1. The fourth-order valence-corrected chi connectivity index (χ4v) is 2.25. The Morgan fingerprint density at radius 3 is 2.43 bits per heavy atom. The Hall–Kier alpha value is -2.82. The van der Waals surface area contributed by atoms with Crippen LogP contribution >= 0.6 is 0 Å². The van der Waals surface area contributed by atoms with Crippen molar-refractivity contribution in [2.45, 2.75) is 12.8 Å². The highest BCUT2D eigenvalue weighted by Gasteiger charge is 2.16. The highest BCUT2D eigenvalue weighted by molar-refractivity contribution is 5.98. The number of hydrogen-bond acceptors (Lipinski definition) is 5. The lowest BCUT2D eigenvalue weighted by molar-refractivity contribution is -0.134. The first kappa shape index (κ1) is 15.1. The summed E-state index contributed by atoms with van der Waals surface area (Å²) < 4.78 is 16.0. The van der Waals surface area contributed by atoms with Crippen LogP contribution in [0.5, 0.6) is 17.2 Å². The van der Waals surface area contributed by atoms with Crippen LogP contribution < -0.4 is 14.2 Å². The fourth-order valence-electron chi connectivity index (χ4n) is 2.25. The van der Waals surface area contributed by atoms with E-state index in [1.165, 1.54) is 0 Å². The lowest BCUT2D eigenvalue weighted by Crippen LogP contribution is -2.16. The zero-order valence-corrected chi connectivity index (χ0v) is 12.5. The fraction of sp³-hybridized carbons (Fsp3) is 0.222. The normalized spacial score (nSPS) is 12.5. The Kier molecular flexibility index (Phi) is 4.57. The van der Waals surface area contributed by atoms with Crippen LogP contribution in [0.2, 0.25) is 0 Å². The number of hydrogen-bond donors (Lipinski definition) is 0. The average molecular weight is 312 g/mol. The lowest BCUT2D eigenvalue weighted by atomic mass is 10.1. The van der Waals surface area contributed by atoms with E-state index in [2.05, 4.69) is 0 Å². The number of para-hydroxylation sites is 1. The minimum absolute atomic E-state index is 0.0299. The third-order valence-electron chi connectivity index (χ3n) is 3.40. The highest BCUT2D eigenvalue weighted by Crippen LogP contribution is 2.31. The quantitative estimate of drug-likeness (QED) is 0.482. The molecule has 0 fully saturated rings. The summed E-state index contributed by atoms with van der Waals surface area (Å²) in [4.78, 5) is 23.9. The summed E-state index contributed by atoms with van der Waals surface area (Å²) in [5.41, 5.74) is 0.502. The molecule has 0 spiro atoms. The predicted molar refractivity (Wildman–Crippen MR) is 83.1 cm³/mol. The molecule has 118 valence electrons. The summed E-state index contributed by atoms with van der Waals surface area (Å²) >= 11 is 0. The molecular formula is C18H16O5. The first-order valence-electron chi connectivity index (χ1n) is 7.41. The molecule has 0 aliphatic carbocycles. The van der Waals surface area contributed by atoms with Crippen molar-refractivity contribution in [3.63, 3.8) is 0 Å². The van der Waals surface area contributed by atoms with E-state index in [0.29, 0.717) is 36.0 Å². The van der Waals surface area contributed by atoms with Gasteiger partial charge in [0.15, 0.2) is 17.3 Å². The largest absolute Gasteiger partial charge is 0.486 e. The molecule has 0 aromatic heterocycles. The van der Waals surface area contributed by atoms with Crippen LogP contribution in [0.1, 0.15) is 23.2 Å². The van der Waals surface area contributed by atoms with E-state index in [-0.39, 0.29) is 18.6 Å². The number of carbonyl (C=O) groups excluding carboxylic acids is 2. The molecule has 0 N–H and O–H groups in total. The Bertz CT molecular complexity index is 709. The van der Waals surface area contributed by atoms with E-state index in [4.69, 9.17) is 14.2 Å². The zero-order valence-electron chi connectivity index (χ0n) is 12.5.